The Morgan fingerprint density at radius 3 is 2.12 bits per heavy atom. The van der Waals surface area contributed by atoms with Crippen LogP contribution >= 0.6 is 0 Å². The molecule has 0 radical (unpaired) electrons. The second-order valence-electron chi connectivity index (χ2n) is 8.01. The van der Waals surface area contributed by atoms with Gasteiger partial charge in [-0.2, -0.15) is 0 Å². The van der Waals surface area contributed by atoms with E-state index in [1.54, 1.807) is 0 Å². The third kappa shape index (κ3) is 3.32. The average Bonchev–Trinajstić information content (AvgIpc) is 2.55. The molecule has 1 N–H and O–H groups in total. The molecule has 0 heterocycles. The highest BCUT2D eigenvalue weighted by Gasteiger charge is 2.45. The van der Waals surface area contributed by atoms with Gasteiger partial charge in [-0.3, -0.25) is 0 Å². The van der Waals surface area contributed by atoms with E-state index in [4.69, 9.17) is 0 Å². The van der Waals surface area contributed by atoms with Crippen LogP contribution in [0.5, 0.6) is 5.75 Å². The van der Waals surface area contributed by atoms with Crippen LogP contribution in [0.1, 0.15) is 83.1 Å². The van der Waals surface area contributed by atoms with Crippen molar-refractivity contribution in [3.63, 3.8) is 0 Å². The molecule has 3 rings (SSSR count). The number of halogens is 2. The van der Waals surface area contributed by atoms with Crippen LogP contribution in [0.15, 0.2) is 12.1 Å². The molecule has 1 aromatic rings. The molecule has 0 bridgehead atoms. The first-order chi connectivity index (χ1) is 11.6. The van der Waals surface area contributed by atoms with E-state index in [1.165, 1.54) is 25.7 Å². The largest absolute Gasteiger partial charge is 0.508 e. The summed E-state index contributed by atoms with van der Waals surface area (Å²) in [5, 5.41) is 9.52. The quantitative estimate of drug-likeness (QED) is 0.667. The molecular weight excluding hydrogens is 306 g/mol. The van der Waals surface area contributed by atoms with Crippen LogP contribution in [-0.2, 0) is 5.41 Å². The van der Waals surface area contributed by atoms with E-state index in [1.807, 2.05) is 0 Å². The summed E-state index contributed by atoms with van der Waals surface area (Å²) in [4.78, 5) is 0. The first-order valence-corrected chi connectivity index (χ1v) is 9.75. The van der Waals surface area contributed by atoms with Crippen LogP contribution < -0.4 is 0 Å². The highest BCUT2D eigenvalue weighted by Crippen LogP contribution is 2.52. The lowest BCUT2D eigenvalue weighted by Crippen LogP contribution is -2.41. The van der Waals surface area contributed by atoms with Gasteiger partial charge < -0.3 is 5.11 Å². The molecule has 0 aliphatic heterocycles. The lowest BCUT2D eigenvalue weighted by molar-refractivity contribution is 0.117. The smallest absolute Gasteiger partial charge is 0.133 e. The van der Waals surface area contributed by atoms with Gasteiger partial charge in [-0.05, 0) is 37.5 Å². The number of benzene rings is 1. The summed E-state index contributed by atoms with van der Waals surface area (Å²) in [5.41, 5.74) is -0.101. The Kier molecular flexibility index (Phi) is 5.46. The highest BCUT2D eigenvalue weighted by molar-refractivity contribution is 5.36. The van der Waals surface area contributed by atoms with E-state index in [9.17, 15) is 13.9 Å². The lowest BCUT2D eigenvalue weighted by atomic mass is 9.57. The fraction of sp³-hybridized carbons (Fsp3) is 0.714. The zero-order valence-electron chi connectivity index (χ0n) is 14.8. The van der Waals surface area contributed by atoms with Gasteiger partial charge in [0.15, 0.2) is 0 Å². The number of hydrogen-bond acceptors (Lipinski definition) is 1. The van der Waals surface area contributed by atoms with Gasteiger partial charge in [0.05, 0.1) is 0 Å². The molecule has 1 nitrogen and oxygen atoms in total. The monoisotopic (exact) mass is 336 g/mol. The summed E-state index contributed by atoms with van der Waals surface area (Å²) in [7, 11) is 0. The minimum atomic E-state index is -0.551. The van der Waals surface area contributed by atoms with Crippen molar-refractivity contribution in [3.8, 4) is 5.75 Å². The molecule has 2 fully saturated rings. The summed E-state index contributed by atoms with van der Waals surface area (Å²) in [6.07, 6.45) is 12.1. The molecule has 0 spiro atoms. The molecule has 0 saturated heterocycles. The highest BCUT2D eigenvalue weighted by atomic mass is 19.1. The Balaban J connectivity index is 1.92. The molecule has 134 valence electrons. The van der Waals surface area contributed by atoms with E-state index in [0.717, 1.165) is 63.0 Å². The number of aromatic hydroxyl groups is 1. The second kappa shape index (κ2) is 7.41. The van der Waals surface area contributed by atoms with Gasteiger partial charge in [-0.1, -0.05) is 51.9 Å². The van der Waals surface area contributed by atoms with E-state index < -0.39 is 11.6 Å². The summed E-state index contributed by atoms with van der Waals surface area (Å²) in [5.74, 6) is -0.248. The fourth-order valence-corrected chi connectivity index (χ4v) is 5.49. The van der Waals surface area contributed by atoms with Crippen molar-refractivity contribution in [3.05, 3.63) is 29.3 Å². The van der Waals surface area contributed by atoms with Gasteiger partial charge in [0, 0.05) is 23.1 Å². The Bertz CT molecular complexity index is 532. The van der Waals surface area contributed by atoms with Crippen molar-refractivity contribution in [2.45, 2.75) is 83.0 Å². The number of phenolic OH excluding ortho intramolecular Hbond substituents is 1. The normalized spacial score (nSPS) is 27.1. The predicted octanol–water partition coefficient (Wildman–Crippen LogP) is 6.48. The molecule has 3 heteroatoms. The van der Waals surface area contributed by atoms with E-state index >= 15 is 0 Å². The predicted molar refractivity (Wildman–Crippen MR) is 93.1 cm³/mol. The van der Waals surface area contributed by atoms with Crippen molar-refractivity contribution >= 4 is 0 Å². The molecular formula is C21H30F2O. The number of rotatable bonds is 4. The van der Waals surface area contributed by atoms with Crippen molar-refractivity contribution in [2.24, 2.45) is 11.8 Å². The SMILES string of the molecule is CCCC1CCC(C2(c3c(F)cc(O)cc3F)CCCCC2)CC1. The topological polar surface area (TPSA) is 20.2 Å². The summed E-state index contributed by atoms with van der Waals surface area (Å²) in [6.45, 7) is 2.23. The van der Waals surface area contributed by atoms with Crippen LogP contribution in [0.3, 0.4) is 0 Å². The standard InChI is InChI=1S/C21H30F2O/c1-2-6-15-7-9-16(10-8-15)21(11-4-3-5-12-21)20-18(22)13-17(24)14-19(20)23/h13-16,24H,2-12H2,1H3. The molecule has 0 aromatic heterocycles. The van der Waals surface area contributed by atoms with E-state index in [2.05, 4.69) is 6.92 Å². The Labute approximate surface area is 144 Å². The zero-order chi connectivity index (χ0) is 17.2. The van der Waals surface area contributed by atoms with Gasteiger partial charge in [-0.25, -0.2) is 8.78 Å². The third-order valence-electron chi connectivity index (χ3n) is 6.60. The minimum absolute atomic E-state index is 0.263. The van der Waals surface area contributed by atoms with Gasteiger partial charge in [0.1, 0.15) is 17.4 Å². The van der Waals surface area contributed by atoms with Crippen molar-refractivity contribution in [1.82, 2.24) is 0 Å². The average molecular weight is 336 g/mol. The fourth-order valence-electron chi connectivity index (χ4n) is 5.49. The van der Waals surface area contributed by atoms with Crippen LogP contribution in [-0.4, -0.2) is 5.11 Å². The molecule has 2 aliphatic carbocycles. The maximum absolute atomic E-state index is 14.7. The Hall–Kier alpha value is -1.12. The third-order valence-corrected chi connectivity index (χ3v) is 6.60. The maximum Gasteiger partial charge on any atom is 0.133 e. The lowest BCUT2D eigenvalue weighted by Gasteiger charge is -2.47. The van der Waals surface area contributed by atoms with Gasteiger partial charge in [0.2, 0.25) is 0 Å². The Morgan fingerprint density at radius 2 is 1.58 bits per heavy atom. The maximum atomic E-state index is 14.7. The van der Waals surface area contributed by atoms with Gasteiger partial charge in [0.25, 0.3) is 0 Å². The molecule has 2 aliphatic rings. The van der Waals surface area contributed by atoms with Crippen molar-refractivity contribution in [1.29, 1.82) is 0 Å². The number of phenols is 1. The van der Waals surface area contributed by atoms with Gasteiger partial charge in [-0.15, -0.1) is 0 Å². The van der Waals surface area contributed by atoms with E-state index in [0.29, 0.717) is 5.92 Å². The zero-order valence-corrected chi connectivity index (χ0v) is 14.8. The molecule has 1 aromatic carbocycles. The molecule has 24 heavy (non-hydrogen) atoms. The number of hydrogen-bond donors (Lipinski definition) is 1. The van der Waals surface area contributed by atoms with Crippen molar-refractivity contribution < 1.29 is 13.9 Å². The Morgan fingerprint density at radius 1 is 1.00 bits per heavy atom. The van der Waals surface area contributed by atoms with Crippen LogP contribution in [0.25, 0.3) is 0 Å². The van der Waals surface area contributed by atoms with Crippen LogP contribution in [0.4, 0.5) is 8.78 Å². The van der Waals surface area contributed by atoms with Crippen molar-refractivity contribution in [2.75, 3.05) is 0 Å². The molecule has 2 saturated carbocycles. The first-order valence-electron chi connectivity index (χ1n) is 9.75. The summed E-state index contributed by atoms with van der Waals surface area (Å²) < 4.78 is 29.4. The van der Waals surface area contributed by atoms with Gasteiger partial charge >= 0.3 is 0 Å². The molecule has 0 atom stereocenters. The summed E-state index contributed by atoms with van der Waals surface area (Å²) in [6, 6.07) is 2.19. The van der Waals surface area contributed by atoms with Crippen LogP contribution in [0.2, 0.25) is 0 Å². The van der Waals surface area contributed by atoms with E-state index in [-0.39, 0.29) is 16.7 Å². The molecule has 0 unspecified atom stereocenters. The second-order valence-corrected chi connectivity index (χ2v) is 8.01. The summed E-state index contributed by atoms with van der Waals surface area (Å²) >= 11 is 0. The van der Waals surface area contributed by atoms with Crippen LogP contribution in [0, 0.1) is 23.5 Å². The molecule has 0 amide bonds. The minimum Gasteiger partial charge on any atom is -0.508 e. The first kappa shape index (κ1) is 17.7.